The SMILES string of the molecule is COC1COCCN(Cc2ccc(N(C)C)cc2)C1. The Labute approximate surface area is 115 Å². The van der Waals surface area contributed by atoms with E-state index in [0.717, 1.165) is 26.2 Å². The van der Waals surface area contributed by atoms with E-state index in [9.17, 15) is 0 Å². The standard InChI is InChI=1S/C15H24N2O2/c1-16(2)14-6-4-13(5-7-14)10-17-8-9-19-12-15(11-17)18-3/h4-7,15H,8-12H2,1-3H3. The molecule has 1 unspecified atom stereocenters. The first-order chi connectivity index (χ1) is 9.19. The summed E-state index contributed by atoms with van der Waals surface area (Å²) >= 11 is 0. The Morgan fingerprint density at radius 3 is 2.68 bits per heavy atom. The average Bonchev–Trinajstić information content (AvgIpc) is 2.64. The van der Waals surface area contributed by atoms with E-state index >= 15 is 0 Å². The van der Waals surface area contributed by atoms with E-state index in [2.05, 4.69) is 48.2 Å². The maximum absolute atomic E-state index is 5.54. The van der Waals surface area contributed by atoms with Crippen molar-refractivity contribution in [2.24, 2.45) is 0 Å². The van der Waals surface area contributed by atoms with E-state index in [1.54, 1.807) is 7.11 Å². The van der Waals surface area contributed by atoms with Gasteiger partial charge in [-0.2, -0.15) is 0 Å². The molecule has 0 spiro atoms. The van der Waals surface area contributed by atoms with Gasteiger partial charge in [0, 0.05) is 46.5 Å². The van der Waals surface area contributed by atoms with Gasteiger partial charge in [-0.15, -0.1) is 0 Å². The molecule has 0 saturated carbocycles. The first-order valence-electron chi connectivity index (χ1n) is 6.78. The number of anilines is 1. The van der Waals surface area contributed by atoms with Crippen LogP contribution >= 0.6 is 0 Å². The zero-order chi connectivity index (χ0) is 13.7. The zero-order valence-corrected chi connectivity index (χ0v) is 12.1. The lowest BCUT2D eigenvalue weighted by molar-refractivity contribution is 0.0225. The molecule has 2 rings (SSSR count). The summed E-state index contributed by atoms with van der Waals surface area (Å²) in [5, 5.41) is 0. The van der Waals surface area contributed by atoms with Gasteiger partial charge in [-0.1, -0.05) is 12.1 Å². The summed E-state index contributed by atoms with van der Waals surface area (Å²) in [4.78, 5) is 4.51. The monoisotopic (exact) mass is 264 g/mol. The summed E-state index contributed by atoms with van der Waals surface area (Å²) in [7, 11) is 5.87. The predicted molar refractivity (Wildman–Crippen MR) is 77.7 cm³/mol. The van der Waals surface area contributed by atoms with E-state index < -0.39 is 0 Å². The van der Waals surface area contributed by atoms with Crippen LogP contribution in [0.3, 0.4) is 0 Å². The topological polar surface area (TPSA) is 24.9 Å². The van der Waals surface area contributed by atoms with Gasteiger partial charge >= 0.3 is 0 Å². The number of hydrogen-bond acceptors (Lipinski definition) is 4. The maximum atomic E-state index is 5.54. The number of benzene rings is 1. The van der Waals surface area contributed by atoms with Crippen LogP contribution in [0.4, 0.5) is 5.69 Å². The van der Waals surface area contributed by atoms with Crippen molar-refractivity contribution in [3.8, 4) is 0 Å². The molecule has 1 saturated heterocycles. The summed E-state index contributed by atoms with van der Waals surface area (Å²) in [5.74, 6) is 0. The van der Waals surface area contributed by atoms with Crippen LogP contribution in [0.1, 0.15) is 5.56 Å². The quantitative estimate of drug-likeness (QED) is 0.825. The Bertz CT molecular complexity index is 378. The van der Waals surface area contributed by atoms with Crippen LogP contribution in [0.5, 0.6) is 0 Å². The third-order valence-electron chi connectivity index (χ3n) is 3.51. The molecule has 106 valence electrons. The van der Waals surface area contributed by atoms with Crippen molar-refractivity contribution in [3.63, 3.8) is 0 Å². The number of rotatable bonds is 4. The lowest BCUT2D eigenvalue weighted by Crippen LogP contribution is -2.33. The molecule has 1 aliphatic rings. The third-order valence-corrected chi connectivity index (χ3v) is 3.51. The van der Waals surface area contributed by atoms with Gasteiger partial charge in [0.1, 0.15) is 0 Å². The van der Waals surface area contributed by atoms with Gasteiger partial charge in [0.05, 0.1) is 19.3 Å². The lowest BCUT2D eigenvalue weighted by atomic mass is 10.2. The fourth-order valence-electron chi connectivity index (χ4n) is 2.28. The molecule has 4 heteroatoms. The molecule has 1 heterocycles. The van der Waals surface area contributed by atoms with Crippen molar-refractivity contribution in [2.75, 3.05) is 52.4 Å². The largest absolute Gasteiger partial charge is 0.378 e. The molecule has 1 aromatic carbocycles. The van der Waals surface area contributed by atoms with Gasteiger partial charge in [0.15, 0.2) is 0 Å². The second-order valence-corrected chi connectivity index (χ2v) is 5.23. The van der Waals surface area contributed by atoms with Crippen LogP contribution in [0.2, 0.25) is 0 Å². The number of nitrogens with zero attached hydrogens (tertiary/aromatic N) is 2. The molecule has 4 nitrogen and oxygen atoms in total. The minimum atomic E-state index is 0.184. The molecular formula is C15H24N2O2. The average molecular weight is 264 g/mol. The Morgan fingerprint density at radius 1 is 1.32 bits per heavy atom. The van der Waals surface area contributed by atoms with E-state index in [1.807, 2.05) is 0 Å². The Balaban J connectivity index is 1.95. The van der Waals surface area contributed by atoms with Crippen LogP contribution in [0, 0.1) is 0 Å². The Morgan fingerprint density at radius 2 is 2.05 bits per heavy atom. The van der Waals surface area contributed by atoms with E-state index in [-0.39, 0.29) is 6.10 Å². The molecule has 0 N–H and O–H groups in total. The second kappa shape index (κ2) is 6.89. The van der Waals surface area contributed by atoms with Crippen LogP contribution in [-0.4, -0.2) is 58.5 Å². The first kappa shape index (κ1) is 14.3. The Hall–Kier alpha value is -1.10. The van der Waals surface area contributed by atoms with Crippen LogP contribution in [0.25, 0.3) is 0 Å². The van der Waals surface area contributed by atoms with Gasteiger partial charge in [-0.25, -0.2) is 0 Å². The minimum absolute atomic E-state index is 0.184. The fraction of sp³-hybridized carbons (Fsp3) is 0.600. The fourth-order valence-corrected chi connectivity index (χ4v) is 2.28. The van der Waals surface area contributed by atoms with Gasteiger partial charge < -0.3 is 14.4 Å². The molecule has 1 atom stereocenters. The lowest BCUT2D eigenvalue weighted by Gasteiger charge is -2.23. The number of ether oxygens (including phenoxy) is 2. The molecule has 0 radical (unpaired) electrons. The number of hydrogen-bond donors (Lipinski definition) is 0. The molecule has 0 aliphatic carbocycles. The zero-order valence-electron chi connectivity index (χ0n) is 12.1. The Kier molecular flexibility index (Phi) is 5.19. The molecule has 0 aromatic heterocycles. The van der Waals surface area contributed by atoms with E-state index in [0.29, 0.717) is 6.61 Å². The maximum Gasteiger partial charge on any atom is 0.0931 e. The molecule has 1 fully saturated rings. The van der Waals surface area contributed by atoms with Crippen molar-refractivity contribution >= 4 is 5.69 Å². The summed E-state index contributed by atoms with van der Waals surface area (Å²) < 4.78 is 11.0. The summed E-state index contributed by atoms with van der Waals surface area (Å²) in [6, 6.07) is 8.72. The first-order valence-corrected chi connectivity index (χ1v) is 6.78. The van der Waals surface area contributed by atoms with Crippen LogP contribution in [-0.2, 0) is 16.0 Å². The minimum Gasteiger partial charge on any atom is -0.378 e. The van der Waals surface area contributed by atoms with Crippen LogP contribution < -0.4 is 4.90 Å². The smallest absolute Gasteiger partial charge is 0.0931 e. The normalized spacial score (nSPS) is 21.1. The highest BCUT2D eigenvalue weighted by Crippen LogP contribution is 2.14. The van der Waals surface area contributed by atoms with Crippen molar-refractivity contribution in [1.29, 1.82) is 0 Å². The highest BCUT2D eigenvalue weighted by molar-refractivity contribution is 5.45. The highest BCUT2D eigenvalue weighted by atomic mass is 16.5. The number of methoxy groups -OCH3 is 1. The predicted octanol–water partition coefficient (Wildman–Crippen LogP) is 1.60. The highest BCUT2D eigenvalue weighted by Gasteiger charge is 2.18. The second-order valence-electron chi connectivity index (χ2n) is 5.23. The summed E-state index contributed by atoms with van der Waals surface area (Å²) in [6.07, 6.45) is 0.184. The van der Waals surface area contributed by atoms with Crippen molar-refractivity contribution in [2.45, 2.75) is 12.6 Å². The molecule has 1 aromatic rings. The molecule has 0 amide bonds. The molecule has 19 heavy (non-hydrogen) atoms. The van der Waals surface area contributed by atoms with Crippen molar-refractivity contribution < 1.29 is 9.47 Å². The summed E-state index contributed by atoms with van der Waals surface area (Å²) in [6.45, 7) is 4.35. The molecule has 1 aliphatic heterocycles. The van der Waals surface area contributed by atoms with Crippen LogP contribution in [0.15, 0.2) is 24.3 Å². The molecular weight excluding hydrogens is 240 g/mol. The third kappa shape index (κ3) is 4.20. The van der Waals surface area contributed by atoms with E-state index in [1.165, 1.54) is 11.3 Å². The van der Waals surface area contributed by atoms with Gasteiger partial charge in [0.2, 0.25) is 0 Å². The summed E-state index contributed by atoms with van der Waals surface area (Å²) in [5.41, 5.74) is 2.57. The van der Waals surface area contributed by atoms with Gasteiger partial charge in [-0.05, 0) is 17.7 Å². The van der Waals surface area contributed by atoms with Gasteiger partial charge in [0.25, 0.3) is 0 Å². The van der Waals surface area contributed by atoms with Crippen molar-refractivity contribution in [3.05, 3.63) is 29.8 Å². The molecule has 0 bridgehead atoms. The van der Waals surface area contributed by atoms with E-state index in [4.69, 9.17) is 9.47 Å². The van der Waals surface area contributed by atoms with Crippen molar-refractivity contribution in [1.82, 2.24) is 4.90 Å². The van der Waals surface area contributed by atoms with Gasteiger partial charge in [-0.3, -0.25) is 4.90 Å².